The number of hydrogen-bond donors (Lipinski definition) is 17. The summed E-state index contributed by atoms with van der Waals surface area (Å²) in [5, 5.41) is 46.8. The van der Waals surface area contributed by atoms with E-state index in [0.29, 0.717) is 17.9 Å². The fourth-order valence-electron chi connectivity index (χ4n) is 9.00. The van der Waals surface area contributed by atoms with Crippen molar-refractivity contribution in [2.45, 2.75) is 198 Å². The number of hydrogen-bond acceptors (Lipinski definition) is 19. The zero-order valence-corrected chi connectivity index (χ0v) is 50.1. The van der Waals surface area contributed by atoms with Crippen LogP contribution in [0.3, 0.4) is 0 Å². The van der Waals surface area contributed by atoms with Gasteiger partial charge >= 0.3 is 5.97 Å². The van der Waals surface area contributed by atoms with Crippen LogP contribution in [-0.2, 0) is 63.9 Å². The molecule has 1 aliphatic heterocycles. The third-order valence-corrected chi connectivity index (χ3v) is 14.1. The molecule has 0 aromatic heterocycles. The van der Waals surface area contributed by atoms with E-state index < -0.39 is 151 Å². The van der Waals surface area contributed by atoms with E-state index >= 15 is 0 Å². The van der Waals surface area contributed by atoms with Crippen LogP contribution >= 0.6 is 0 Å². The van der Waals surface area contributed by atoms with E-state index in [9.17, 15) is 63.0 Å². The normalized spacial score (nSPS) is 22.9. The van der Waals surface area contributed by atoms with Crippen molar-refractivity contribution in [2.24, 2.45) is 40.5 Å². The maximum absolute atomic E-state index is 14.5. The molecular weight excluding hydrogens is 1110 g/mol. The van der Waals surface area contributed by atoms with Gasteiger partial charge in [0.15, 0.2) is 6.10 Å². The van der Waals surface area contributed by atoms with Gasteiger partial charge in [-0.3, -0.25) is 47.9 Å². The summed E-state index contributed by atoms with van der Waals surface area (Å²) in [5.41, 5.74) is 29.8. The van der Waals surface area contributed by atoms with E-state index in [1.165, 1.54) is 13.8 Å². The van der Waals surface area contributed by atoms with E-state index in [0.717, 1.165) is 19.3 Å². The Labute approximate surface area is 497 Å². The molecule has 0 unspecified atom stereocenters. The van der Waals surface area contributed by atoms with Crippen molar-refractivity contribution in [1.82, 2.24) is 53.2 Å². The molecule has 0 saturated carbocycles. The predicted octanol–water partition coefficient (Wildman–Crippen LogP) is -4.82. The number of rotatable bonds is 29. The summed E-state index contributed by atoms with van der Waals surface area (Å²) >= 11 is 0. The first-order valence-electron chi connectivity index (χ1n) is 29.5. The molecule has 1 heterocycles. The summed E-state index contributed by atoms with van der Waals surface area (Å²) in [6, 6.07) is -5.16. The van der Waals surface area contributed by atoms with Gasteiger partial charge in [0.1, 0.15) is 54.4 Å². The number of esters is 1. The van der Waals surface area contributed by atoms with Gasteiger partial charge in [0.05, 0.1) is 12.2 Å². The van der Waals surface area contributed by atoms with Gasteiger partial charge in [0.2, 0.25) is 53.2 Å². The number of carbonyl (C=O) groups is 11. The van der Waals surface area contributed by atoms with Crippen molar-refractivity contribution < 1.29 is 67.7 Å². The molecule has 1 aromatic rings. The lowest BCUT2D eigenvalue weighted by molar-refractivity contribution is -0.160. The lowest BCUT2D eigenvalue weighted by Gasteiger charge is -2.28. The second-order valence-corrected chi connectivity index (χ2v) is 21.9. The van der Waals surface area contributed by atoms with E-state index in [-0.39, 0.29) is 90.0 Å². The Morgan fingerprint density at radius 2 is 1.16 bits per heavy atom. The summed E-state index contributed by atoms with van der Waals surface area (Å²) in [7, 11) is 0. The van der Waals surface area contributed by atoms with Gasteiger partial charge < -0.3 is 96.8 Å². The molecule has 2 rings (SSSR count). The minimum absolute atomic E-state index is 0.0173. The molecule has 1 aromatic carbocycles. The highest BCUT2D eigenvalue weighted by molar-refractivity contribution is 5.98. The predicted molar refractivity (Wildman–Crippen MR) is 314 cm³/mol. The fourth-order valence-corrected chi connectivity index (χ4v) is 9.00. The third kappa shape index (κ3) is 26.9. The number of cyclic esters (lactones) is 1. The molecule has 1 saturated heterocycles. The molecular formula is C56H97N15O14. The second-order valence-electron chi connectivity index (χ2n) is 21.9. The van der Waals surface area contributed by atoms with E-state index in [1.807, 2.05) is 0 Å². The van der Waals surface area contributed by atoms with Gasteiger partial charge in [-0.05, 0) is 109 Å². The zero-order valence-electron chi connectivity index (χ0n) is 50.1. The largest absolute Gasteiger partial charge is 0.451 e. The molecule has 0 spiro atoms. The molecule has 29 nitrogen and oxygen atoms in total. The lowest BCUT2D eigenvalue weighted by Crippen LogP contribution is -2.62. The molecule has 13 atom stereocenters. The Balaban J connectivity index is 2.67. The monoisotopic (exact) mass is 1200 g/mol. The van der Waals surface area contributed by atoms with Crippen LogP contribution in [0, 0.1) is 11.8 Å². The minimum Gasteiger partial charge on any atom is -0.451 e. The summed E-state index contributed by atoms with van der Waals surface area (Å²) in [5.74, 6) is -9.97. The minimum atomic E-state index is -1.70. The molecule has 22 N–H and O–H groups in total. The van der Waals surface area contributed by atoms with Crippen molar-refractivity contribution in [1.29, 1.82) is 0 Å². The summed E-state index contributed by atoms with van der Waals surface area (Å²) in [6.07, 6.45) is -2.92. The van der Waals surface area contributed by atoms with Gasteiger partial charge in [-0.25, -0.2) is 4.79 Å². The smallest absolute Gasteiger partial charge is 0.329 e. The third-order valence-electron chi connectivity index (χ3n) is 14.1. The highest BCUT2D eigenvalue weighted by atomic mass is 16.5. The van der Waals surface area contributed by atoms with Crippen molar-refractivity contribution in [2.75, 3.05) is 39.3 Å². The SMILES string of the molecule is CC[C@@H](C)CCCCC(=O)N[C@@H](CCN)C(=O)N[C@H](C(=O)N[C@@H](CCN)C(=O)N[C@H]1CCNC(=O)[C@H]([C@@H](C)O)NC(=O)[C@H](CCN)NC(=O)[C@H](CCN)OC(=O)[C@H](CC(C)C)NC(=O)[C@@H](Cc2ccccc2)NC(=O)[C@H](CCN)NC1=O)[C@@H](C)O. The maximum atomic E-state index is 14.5. The van der Waals surface area contributed by atoms with Gasteiger partial charge in [-0.15, -0.1) is 0 Å². The van der Waals surface area contributed by atoms with E-state index in [2.05, 4.69) is 67.0 Å². The van der Waals surface area contributed by atoms with Crippen LogP contribution in [0.2, 0.25) is 0 Å². The molecule has 480 valence electrons. The van der Waals surface area contributed by atoms with Crippen LogP contribution in [-0.4, -0.2) is 187 Å². The van der Waals surface area contributed by atoms with Gasteiger partial charge in [-0.1, -0.05) is 77.3 Å². The van der Waals surface area contributed by atoms with Crippen LogP contribution in [0.4, 0.5) is 0 Å². The number of benzene rings is 1. The Hall–Kier alpha value is -6.89. The first-order chi connectivity index (χ1) is 40.3. The van der Waals surface area contributed by atoms with Crippen LogP contribution in [0.25, 0.3) is 0 Å². The molecule has 1 aliphatic rings. The number of amides is 10. The second kappa shape index (κ2) is 39.7. The van der Waals surface area contributed by atoms with E-state index in [4.69, 9.17) is 33.4 Å². The number of aliphatic hydroxyl groups excluding tert-OH is 2. The summed E-state index contributed by atoms with van der Waals surface area (Å²) in [4.78, 5) is 154. The van der Waals surface area contributed by atoms with E-state index in [1.54, 1.807) is 44.2 Å². The molecule has 85 heavy (non-hydrogen) atoms. The topological polar surface area (TPSA) is 488 Å². The van der Waals surface area contributed by atoms with Crippen molar-refractivity contribution in [3.63, 3.8) is 0 Å². The van der Waals surface area contributed by atoms with Crippen LogP contribution in [0.5, 0.6) is 0 Å². The number of carbonyl (C=O) groups excluding carboxylic acids is 11. The number of nitrogens with one attached hydrogen (secondary N) is 10. The Morgan fingerprint density at radius 1 is 0.612 bits per heavy atom. The molecule has 0 radical (unpaired) electrons. The standard InChI is InChI=1S/C56H97N15O14/c1-7-32(4)13-11-12-16-44(74)63-36(17-23-57)50(78)71-46(34(6)73)55(83)67-38(19-25-59)47(75)65-40-22-28-62-54(82)45(33(5)72)70-51(79)39(20-26-60)66-53(81)43(21-27-61)85-56(84)42(29-31(2)3)69-52(80)41(30-35-14-9-8-10-15-35)68-48(76)37(18-24-58)64-49(40)77/h8-10,14-15,31-34,36-43,45-46,72-73H,7,11-13,16-30,57-61H2,1-6H3,(H,62,82)(H,63,74)(H,64,77)(H,65,75)(H,66,81)(H,67,83)(H,68,76)(H,69,80)(H,70,79)(H,71,78)/t32-,33-,34-,36+,37+,38+,39+,40+,41-,42+,43+,45+,46+/m1/s1. The first kappa shape index (κ1) is 74.2. The van der Waals surface area contributed by atoms with Crippen LogP contribution in [0.1, 0.15) is 124 Å². The fraction of sp³-hybridized carbons (Fsp3) is 0.696. The van der Waals surface area contributed by atoms with Crippen LogP contribution < -0.4 is 81.8 Å². The van der Waals surface area contributed by atoms with Crippen molar-refractivity contribution in [3.8, 4) is 0 Å². The van der Waals surface area contributed by atoms with Gasteiger partial charge in [-0.2, -0.15) is 0 Å². The van der Waals surface area contributed by atoms with Gasteiger partial charge in [0.25, 0.3) is 5.91 Å². The average Bonchev–Trinajstić information content (AvgIpc) is 3.67. The highest BCUT2D eigenvalue weighted by Crippen LogP contribution is 2.15. The Bertz CT molecular complexity index is 2320. The number of ether oxygens (including phenoxy) is 1. The maximum Gasteiger partial charge on any atom is 0.329 e. The number of nitrogens with two attached hydrogens (primary N) is 5. The Kier molecular flexibility index (Phi) is 34.6. The molecule has 29 heteroatoms. The van der Waals surface area contributed by atoms with Crippen LogP contribution in [0.15, 0.2) is 30.3 Å². The highest BCUT2D eigenvalue weighted by Gasteiger charge is 2.38. The zero-order chi connectivity index (χ0) is 63.8. The Morgan fingerprint density at radius 3 is 1.72 bits per heavy atom. The summed E-state index contributed by atoms with van der Waals surface area (Å²) in [6.45, 7) is 8.83. The number of unbranched alkanes of at least 4 members (excludes halogenated alkanes) is 1. The molecule has 1 fully saturated rings. The number of aliphatic hydroxyl groups is 2. The summed E-state index contributed by atoms with van der Waals surface area (Å²) < 4.78 is 5.67. The molecule has 0 bridgehead atoms. The molecule has 10 amide bonds. The van der Waals surface area contributed by atoms with Crippen molar-refractivity contribution >= 4 is 65.0 Å². The average molecular weight is 1200 g/mol. The molecule has 0 aliphatic carbocycles. The lowest BCUT2D eigenvalue weighted by atomic mass is 10.0. The van der Waals surface area contributed by atoms with Crippen molar-refractivity contribution in [3.05, 3.63) is 35.9 Å². The van der Waals surface area contributed by atoms with Gasteiger partial charge in [0, 0.05) is 25.8 Å². The first-order valence-corrected chi connectivity index (χ1v) is 29.5. The quantitative estimate of drug-likeness (QED) is 0.0264.